The highest BCUT2D eigenvalue weighted by molar-refractivity contribution is 6.18. The van der Waals surface area contributed by atoms with E-state index in [0.717, 1.165) is 0 Å². The Bertz CT molecular complexity index is 357. The first-order valence-electron chi connectivity index (χ1n) is 6.53. The van der Waals surface area contributed by atoms with Gasteiger partial charge in [0.15, 0.2) is 0 Å². The summed E-state index contributed by atoms with van der Waals surface area (Å²) in [7, 11) is 0. The molecule has 0 aliphatic heterocycles. The summed E-state index contributed by atoms with van der Waals surface area (Å²) in [4.78, 5) is 12.5. The van der Waals surface area contributed by atoms with Crippen LogP contribution < -0.4 is 0 Å². The van der Waals surface area contributed by atoms with Crippen molar-refractivity contribution >= 4 is 17.5 Å². The van der Waals surface area contributed by atoms with E-state index in [4.69, 9.17) is 11.6 Å². The number of carbonyl (C=O) groups is 1. The van der Waals surface area contributed by atoms with Crippen LogP contribution in [0.2, 0.25) is 0 Å². The summed E-state index contributed by atoms with van der Waals surface area (Å²) >= 11 is 5.37. The van der Waals surface area contributed by atoms with Crippen molar-refractivity contribution in [3.63, 3.8) is 0 Å². The number of hydrogen-bond donors (Lipinski definition) is 0. The van der Waals surface area contributed by atoms with Crippen molar-refractivity contribution < 1.29 is 31.1 Å². The van der Waals surface area contributed by atoms with E-state index in [1.54, 1.807) is 0 Å². The predicted octanol–water partition coefficient (Wildman–Crippen LogP) is 3.98. The molecule has 0 aromatic rings. The van der Waals surface area contributed by atoms with E-state index in [0.29, 0.717) is 4.90 Å². The molecule has 2 unspecified atom stereocenters. The summed E-state index contributed by atoms with van der Waals surface area (Å²) in [6.45, 7) is -1.81. The van der Waals surface area contributed by atoms with E-state index < -0.39 is 43.1 Å². The van der Waals surface area contributed by atoms with Gasteiger partial charge in [0.05, 0.1) is 5.92 Å². The number of alkyl halides is 7. The van der Waals surface area contributed by atoms with E-state index in [2.05, 4.69) is 0 Å². The van der Waals surface area contributed by atoms with Crippen LogP contribution in [0.5, 0.6) is 0 Å². The lowest BCUT2D eigenvalue weighted by Gasteiger charge is -2.33. The van der Waals surface area contributed by atoms with Crippen LogP contribution in [0.15, 0.2) is 0 Å². The number of hydrogen-bond acceptors (Lipinski definition) is 1. The quantitative estimate of drug-likeness (QED) is 0.560. The first-order chi connectivity index (χ1) is 9.54. The molecule has 1 aliphatic rings. The van der Waals surface area contributed by atoms with Crippen molar-refractivity contribution in [3.8, 4) is 0 Å². The Balaban J connectivity index is 2.74. The highest BCUT2D eigenvalue weighted by atomic mass is 35.5. The van der Waals surface area contributed by atoms with Gasteiger partial charge in [-0.3, -0.25) is 4.79 Å². The Hall–Kier alpha value is -0.660. The molecular weight excluding hydrogens is 324 g/mol. The molecule has 0 saturated heterocycles. The van der Waals surface area contributed by atoms with Gasteiger partial charge < -0.3 is 4.90 Å². The van der Waals surface area contributed by atoms with Crippen molar-refractivity contribution in [2.75, 3.05) is 19.0 Å². The zero-order chi connectivity index (χ0) is 16.3. The molecule has 0 aromatic carbocycles. The molecule has 1 rings (SSSR count). The van der Waals surface area contributed by atoms with Crippen molar-refractivity contribution in [2.24, 2.45) is 11.8 Å². The molecule has 0 heterocycles. The SMILES string of the molecule is O=C(C1CCCC(C(F)(F)F)C1)N(CCCl)CC(F)(F)F. The molecule has 124 valence electrons. The van der Waals surface area contributed by atoms with Crippen molar-refractivity contribution in [1.82, 2.24) is 4.90 Å². The van der Waals surface area contributed by atoms with E-state index in [-0.39, 0.29) is 31.7 Å². The molecule has 0 N–H and O–H groups in total. The number of nitrogens with zero attached hydrogens (tertiary/aromatic N) is 1. The third-order valence-corrected chi connectivity index (χ3v) is 3.69. The third-order valence-electron chi connectivity index (χ3n) is 3.52. The van der Waals surface area contributed by atoms with Gasteiger partial charge in [0, 0.05) is 18.3 Å². The van der Waals surface area contributed by atoms with Crippen molar-refractivity contribution in [2.45, 2.75) is 38.0 Å². The Morgan fingerprint density at radius 2 is 1.76 bits per heavy atom. The molecule has 9 heteroatoms. The average Bonchev–Trinajstić information content (AvgIpc) is 2.35. The molecule has 0 radical (unpaired) electrons. The molecule has 1 saturated carbocycles. The maximum atomic E-state index is 12.7. The second kappa shape index (κ2) is 7.07. The largest absolute Gasteiger partial charge is 0.406 e. The molecule has 1 aliphatic carbocycles. The van der Waals surface area contributed by atoms with Gasteiger partial charge in [-0.25, -0.2) is 0 Å². The van der Waals surface area contributed by atoms with Crippen LogP contribution >= 0.6 is 11.6 Å². The van der Waals surface area contributed by atoms with Crippen LogP contribution in [-0.2, 0) is 4.79 Å². The van der Waals surface area contributed by atoms with Gasteiger partial charge in [-0.1, -0.05) is 6.42 Å². The summed E-state index contributed by atoms with van der Waals surface area (Å²) in [5.74, 6) is -3.72. The fraction of sp³-hybridized carbons (Fsp3) is 0.917. The molecule has 1 fully saturated rings. The smallest absolute Gasteiger partial charge is 0.332 e. The second-order valence-corrected chi connectivity index (χ2v) is 5.54. The van der Waals surface area contributed by atoms with Gasteiger partial charge in [0.1, 0.15) is 6.54 Å². The summed E-state index contributed by atoms with van der Waals surface area (Å²) in [5.41, 5.74) is 0. The Morgan fingerprint density at radius 1 is 1.14 bits per heavy atom. The fourth-order valence-electron chi connectivity index (χ4n) is 2.56. The lowest BCUT2D eigenvalue weighted by Crippen LogP contribution is -2.45. The maximum Gasteiger partial charge on any atom is 0.406 e. The number of halogens is 7. The summed E-state index contributed by atoms with van der Waals surface area (Å²) in [5, 5.41) is 0. The first kappa shape index (κ1) is 18.4. The van der Waals surface area contributed by atoms with Gasteiger partial charge in [0.2, 0.25) is 5.91 Å². The maximum absolute atomic E-state index is 12.7. The van der Waals surface area contributed by atoms with Gasteiger partial charge in [-0.05, 0) is 19.3 Å². The van der Waals surface area contributed by atoms with E-state index >= 15 is 0 Å². The minimum Gasteiger partial charge on any atom is -0.332 e. The van der Waals surface area contributed by atoms with Crippen LogP contribution in [-0.4, -0.2) is 42.1 Å². The minimum atomic E-state index is -4.60. The molecule has 0 aromatic heterocycles. The van der Waals surface area contributed by atoms with Crippen LogP contribution in [0.4, 0.5) is 26.3 Å². The first-order valence-corrected chi connectivity index (χ1v) is 7.06. The van der Waals surface area contributed by atoms with Gasteiger partial charge in [-0.2, -0.15) is 26.3 Å². The van der Waals surface area contributed by atoms with E-state index in [9.17, 15) is 31.1 Å². The Morgan fingerprint density at radius 3 is 2.24 bits per heavy atom. The van der Waals surface area contributed by atoms with Gasteiger partial charge in [-0.15, -0.1) is 11.6 Å². The van der Waals surface area contributed by atoms with Gasteiger partial charge >= 0.3 is 12.4 Å². The van der Waals surface area contributed by atoms with Crippen LogP contribution in [0.25, 0.3) is 0 Å². The lowest BCUT2D eigenvalue weighted by atomic mass is 9.80. The second-order valence-electron chi connectivity index (χ2n) is 5.17. The molecule has 2 atom stereocenters. The average molecular weight is 340 g/mol. The monoisotopic (exact) mass is 339 g/mol. The zero-order valence-electron chi connectivity index (χ0n) is 11.1. The highest BCUT2D eigenvalue weighted by Gasteiger charge is 2.45. The molecule has 2 nitrogen and oxygen atoms in total. The third kappa shape index (κ3) is 5.92. The highest BCUT2D eigenvalue weighted by Crippen LogP contribution is 2.40. The minimum absolute atomic E-state index is 0.0813. The standard InChI is InChI=1S/C12H16ClF6NO/c13-4-5-20(7-11(14,15)16)10(21)8-2-1-3-9(6-8)12(17,18)19/h8-9H,1-7H2. The fourth-order valence-corrected chi connectivity index (χ4v) is 2.76. The summed E-state index contributed by atoms with van der Waals surface area (Å²) in [6.07, 6.45) is -9.18. The molecular formula is C12H16ClF6NO. The van der Waals surface area contributed by atoms with E-state index in [1.165, 1.54) is 0 Å². The lowest BCUT2D eigenvalue weighted by molar-refractivity contribution is -0.189. The van der Waals surface area contributed by atoms with E-state index in [1.807, 2.05) is 0 Å². The van der Waals surface area contributed by atoms with Crippen molar-refractivity contribution in [1.29, 1.82) is 0 Å². The number of carbonyl (C=O) groups excluding carboxylic acids is 1. The molecule has 0 bridgehead atoms. The van der Waals surface area contributed by atoms with Crippen molar-refractivity contribution in [3.05, 3.63) is 0 Å². The molecule has 0 spiro atoms. The van der Waals surface area contributed by atoms with Crippen LogP contribution in [0.1, 0.15) is 25.7 Å². The topological polar surface area (TPSA) is 20.3 Å². The Labute approximate surface area is 123 Å². The number of amides is 1. The molecule has 1 amide bonds. The predicted molar refractivity (Wildman–Crippen MR) is 64.9 cm³/mol. The number of rotatable bonds is 4. The summed E-state index contributed by atoms with van der Waals surface area (Å²) < 4.78 is 75.2. The van der Waals surface area contributed by atoms with Gasteiger partial charge in [0.25, 0.3) is 0 Å². The van der Waals surface area contributed by atoms with Crippen LogP contribution in [0.3, 0.4) is 0 Å². The summed E-state index contributed by atoms with van der Waals surface area (Å²) in [6, 6.07) is 0. The molecule has 21 heavy (non-hydrogen) atoms. The Kier molecular flexibility index (Phi) is 6.19. The zero-order valence-corrected chi connectivity index (χ0v) is 11.9. The van der Waals surface area contributed by atoms with Crippen LogP contribution in [0, 0.1) is 11.8 Å². The normalized spacial score (nSPS) is 24.0.